The molecule has 4 heteroatoms. The first-order chi connectivity index (χ1) is 6.80. The molecule has 0 aliphatic carbocycles. The lowest BCUT2D eigenvalue weighted by Gasteiger charge is -2.43. The first-order valence-electron chi connectivity index (χ1n) is 5.69. The van der Waals surface area contributed by atoms with Crippen molar-refractivity contribution in [2.75, 3.05) is 7.11 Å². The lowest BCUT2D eigenvalue weighted by molar-refractivity contribution is -0.0900. The van der Waals surface area contributed by atoms with Gasteiger partial charge in [0.1, 0.15) is 7.85 Å². The molecule has 4 unspecified atom stereocenters. The van der Waals surface area contributed by atoms with Crippen LogP contribution in [0.5, 0.6) is 0 Å². The number of thiol groups is 1. The first kappa shape index (κ1) is 13.4. The van der Waals surface area contributed by atoms with Gasteiger partial charge in [-0.25, -0.2) is 0 Å². The second-order valence-corrected chi connectivity index (χ2v) is 6.02. The van der Waals surface area contributed by atoms with Crippen molar-refractivity contribution < 1.29 is 9.47 Å². The second-order valence-electron chi connectivity index (χ2n) is 5.46. The fourth-order valence-electron chi connectivity index (χ4n) is 2.75. The van der Waals surface area contributed by atoms with Crippen LogP contribution in [-0.2, 0) is 9.47 Å². The Hall–Kier alpha value is 0.335. The van der Waals surface area contributed by atoms with Gasteiger partial charge in [0.2, 0.25) is 0 Å². The van der Waals surface area contributed by atoms with E-state index in [0.717, 1.165) is 6.42 Å². The quantitative estimate of drug-likeness (QED) is 0.572. The molecule has 1 fully saturated rings. The number of hydrogen-bond acceptors (Lipinski definition) is 3. The van der Waals surface area contributed by atoms with Crippen molar-refractivity contribution >= 4 is 20.5 Å². The highest BCUT2D eigenvalue weighted by molar-refractivity contribution is 7.81. The van der Waals surface area contributed by atoms with Crippen LogP contribution in [0.1, 0.15) is 34.1 Å². The molecule has 1 heterocycles. The molecule has 0 radical (unpaired) electrons. The van der Waals surface area contributed by atoms with E-state index < -0.39 is 0 Å². The molecule has 15 heavy (non-hydrogen) atoms. The maximum Gasteiger partial charge on any atom is 0.142 e. The maximum absolute atomic E-state index is 6.18. The van der Waals surface area contributed by atoms with Crippen molar-refractivity contribution in [1.29, 1.82) is 0 Å². The molecule has 1 aliphatic heterocycles. The van der Waals surface area contributed by atoms with E-state index >= 15 is 0 Å². The molecule has 0 aromatic rings. The van der Waals surface area contributed by atoms with Gasteiger partial charge < -0.3 is 9.47 Å². The normalized spacial score (nSPS) is 42.1. The smallest absolute Gasteiger partial charge is 0.142 e. The maximum atomic E-state index is 6.18. The van der Waals surface area contributed by atoms with Gasteiger partial charge in [-0.1, -0.05) is 27.7 Å². The van der Waals surface area contributed by atoms with Crippen molar-refractivity contribution in [3.63, 3.8) is 0 Å². The van der Waals surface area contributed by atoms with E-state index in [2.05, 4.69) is 35.5 Å². The Morgan fingerprint density at radius 1 is 1.47 bits per heavy atom. The van der Waals surface area contributed by atoms with Crippen LogP contribution >= 0.6 is 12.6 Å². The fraction of sp³-hybridized carbons (Fsp3) is 1.00. The van der Waals surface area contributed by atoms with Crippen LogP contribution in [0.3, 0.4) is 0 Å². The first-order valence-corrected chi connectivity index (χ1v) is 6.20. The minimum Gasteiger partial charge on any atom is -0.378 e. The predicted molar refractivity (Wildman–Crippen MR) is 69.5 cm³/mol. The van der Waals surface area contributed by atoms with Crippen LogP contribution in [0.15, 0.2) is 0 Å². The molecule has 0 N–H and O–H groups in total. The lowest BCUT2D eigenvalue weighted by Crippen LogP contribution is -2.50. The van der Waals surface area contributed by atoms with Crippen LogP contribution in [0, 0.1) is 5.41 Å². The summed E-state index contributed by atoms with van der Waals surface area (Å²) in [6, 6.07) is 0.122. The minimum atomic E-state index is -0.184. The van der Waals surface area contributed by atoms with Gasteiger partial charge in [-0.2, -0.15) is 12.6 Å². The Morgan fingerprint density at radius 3 is 2.20 bits per heavy atom. The molecule has 4 atom stereocenters. The molecule has 88 valence electrons. The van der Waals surface area contributed by atoms with Gasteiger partial charge in [-0.15, -0.1) is 0 Å². The van der Waals surface area contributed by atoms with Gasteiger partial charge in [0, 0.05) is 7.11 Å². The largest absolute Gasteiger partial charge is 0.378 e. The van der Waals surface area contributed by atoms with Gasteiger partial charge in [0.05, 0.1) is 23.0 Å². The molecular weight excluding hydrogens is 207 g/mol. The topological polar surface area (TPSA) is 18.5 Å². The molecule has 0 aromatic carbocycles. The van der Waals surface area contributed by atoms with E-state index in [0.29, 0.717) is 0 Å². The SMILES string of the molecule is BC1OC(CC)(C(C)(C)C)C(S)C1OC. The summed E-state index contributed by atoms with van der Waals surface area (Å²) < 4.78 is 11.7. The van der Waals surface area contributed by atoms with E-state index in [1.807, 2.05) is 0 Å². The molecule has 0 amide bonds. The molecule has 1 saturated heterocycles. The fourth-order valence-corrected chi connectivity index (χ4v) is 3.75. The average molecular weight is 230 g/mol. The second kappa shape index (κ2) is 4.30. The highest BCUT2D eigenvalue weighted by Gasteiger charge is 2.56. The van der Waals surface area contributed by atoms with Gasteiger partial charge >= 0.3 is 0 Å². The summed E-state index contributed by atoms with van der Waals surface area (Å²) in [6.07, 6.45) is 1.06. The molecular formula is C11H23BO2S. The zero-order valence-corrected chi connectivity index (χ0v) is 11.6. The van der Waals surface area contributed by atoms with E-state index in [9.17, 15) is 0 Å². The van der Waals surface area contributed by atoms with E-state index in [1.165, 1.54) is 0 Å². The summed E-state index contributed by atoms with van der Waals surface area (Å²) in [4.78, 5) is 0. The van der Waals surface area contributed by atoms with Gasteiger partial charge in [-0.3, -0.25) is 0 Å². The van der Waals surface area contributed by atoms with Crippen molar-refractivity contribution in [2.24, 2.45) is 5.41 Å². The number of rotatable bonds is 2. The van der Waals surface area contributed by atoms with E-state index in [1.54, 1.807) is 7.11 Å². The molecule has 2 nitrogen and oxygen atoms in total. The number of hydrogen-bond donors (Lipinski definition) is 1. The van der Waals surface area contributed by atoms with Crippen LogP contribution in [-0.4, -0.2) is 37.9 Å². The summed E-state index contributed by atoms with van der Waals surface area (Å²) in [5.74, 6) is 0. The van der Waals surface area contributed by atoms with Gasteiger partial charge in [-0.05, 0) is 11.8 Å². The van der Waals surface area contributed by atoms with Crippen LogP contribution < -0.4 is 0 Å². The van der Waals surface area contributed by atoms with E-state index in [-0.39, 0.29) is 28.4 Å². The van der Waals surface area contributed by atoms with E-state index in [4.69, 9.17) is 22.1 Å². The molecule has 0 spiro atoms. The highest BCUT2D eigenvalue weighted by Crippen LogP contribution is 2.48. The zero-order valence-electron chi connectivity index (χ0n) is 10.7. The lowest BCUT2D eigenvalue weighted by atomic mass is 9.72. The van der Waals surface area contributed by atoms with Crippen molar-refractivity contribution in [1.82, 2.24) is 0 Å². The molecule has 0 bridgehead atoms. The summed E-state index contributed by atoms with van der Waals surface area (Å²) in [7, 11) is 3.81. The van der Waals surface area contributed by atoms with Crippen LogP contribution in [0.4, 0.5) is 0 Å². The Kier molecular flexibility index (Phi) is 3.85. The third-order valence-corrected chi connectivity index (χ3v) is 4.43. The van der Waals surface area contributed by atoms with Crippen LogP contribution in [0.25, 0.3) is 0 Å². The third kappa shape index (κ3) is 1.96. The molecule has 0 saturated carbocycles. The van der Waals surface area contributed by atoms with Crippen molar-refractivity contribution in [2.45, 2.75) is 57.1 Å². The van der Waals surface area contributed by atoms with Crippen molar-refractivity contribution in [3.8, 4) is 0 Å². The summed E-state index contributed by atoms with van der Waals surface area (Å²) >= 11 is 4.73. The average Bonchev–Trinajstić information content (AvgIpc) is 2.37. The standard InChI is InChI=1S/C11H23BO2S/c1-6-11(10(2,3)4)8(15)7(13-5)9(12)14-11/h7-9,15H,6,12H2,1-5H3. The summed E-state index contributed by atoms with van der Waals surface area (Å²) in [5.41, 5.74) is -0.105. The highest BCUT2D eigenvalue weighted by atomic mass is 32.1. The minimum absolute atomic E-state index is 0.0791. The third-order valence-electron chi connectivity index (χ3n) is 3.71. The summed E-state index contributed by atoms with van der Waals surface area (Å²) in [5, 5.41) is 0.141. The van der Waals surface area contributed by atoms with Crippen molar-refractivity contribution in [3.05, 3.63) is 0 Å². The molecule has 1 aliphatic rings. The Bertz CT molecular complexity index is 229. The molecule has 1 rings (SSSR count). The molecule has 0 aromatic heterocycles. The zero-order chi connectivity index (χ0) is 11.9. The Labute approximate surface area is 99.9 Å². The number of ether oxygens (including phenoxy) is 2. The predicted octanol–water partition coefficient (Wildman–Crippen LogP) is 1.48. The number of methoxy groups -OCH3 is 1. The van der Waals surface area contributed by atoms with Gasteiger partial charge in [0.15, 0.2) is 0 Å². The van der Waals surface area contributed by atoms with Crippen LogP contribution in [0.2, 0.25) is 0 Å². The monoisotopic (exact) mass is 230 g/mol. The van der Waals surface area contributed by atoms with Gasteiger partial charge in [0.25, 0.3) is 0 Å². The summed E-state index contributed by atoms with van der Waals surface area (Å²) in [6.45, 7) is 8.80. The Morgan fingerprint density at radius 2 is 2.00 bits per heavy atom. The Balaban J connectivity index is 3.04.